The van der Waals surface area contributed by atoms with Gasteiger partial charge in [0.2, 0.25) is 5.95 Å². The second-order valence-electron chi connectivity index (χ2n) is 3.45. The van der Waals surface area contributed by atoms with E-state index in [2.05, 4.69) is 10.1 Å². The topological polar surface area (TPSA) is 30.7 Å². The van der Waals surface area contributed by atoms with E-state index < -0.39 is 5.95 Å². The summed E-state index contributed by atoms with van der Waals surface area (Å²) in [6.07, 6.45) is 3.19. The van der Waals surface area contributed by atoms with Crippen LogP contribution >= 0.6 is 0 Å². The van der Waals surface area contributed by atoms with Crippen LogP contribution in [0.25, 0.3) is 16.6 Å². The molecule has 0 aliphatic rings. The van der Waals surface area contributed by atoms with Gasteiger partial charge in [0.25, 0.3) is 0 Å². The van der Waals surface area contributed by atoms with Crippen LogP contribution in [0.3, 0.4) is 0 Å². The van der Waals surface area contributed by atoms with Gasteiger partial charge in [-0.3, -0.25) is 0 Å². The smallest absolute Gasteiger partial charge is 0.214 e. The molecule has 0 bridgehead atoms. The molecule has 1 aromatic carbocycles. The van der Waals surface area contributed by atoms with Crippen molar-refractivity contribution in [1.29, 1.82) is 0 Å². The van der Waals surface area contributed by atoms with Gasteiger partial charge in [-0.05, 0) is 12.1 Å². The zero-order valence-corrected chi connectivity index (χ0v) is 8.34. The van der Waals surface area contributed by atoms with Crippen LogP contribution in [-0.2, 0) is 0 Å². The fourth-order valence-corrected chi connectivity index (χ4v) is 1.70. The Morgan fingerprint density at radius 3 is 2.88 bits per heavy atom. The molecule has 0 aliphatic heterocycles. The molecule has 0 aliphatic carbocycles. The van der Waals surface area contributed by atoms with E-state index in [1.165, 1.54) is 12.3 Å². The van der Waals surface area contributed by atoms with Crippen molar-refractivity contribution >= 4 is 10.9 Å². The molecule has 16 heavy (non-hydrogen) atoms. The van der Waals surface area contributed by atoms with E-state index in [-0.39, 0.29) is 0 Å². The normalized spacial score (nSPS) is 10.8. The number of aromatic nitrogens is 3. The molecule has 2 heterocycles. The summed E-state index contributed by atoms with van der Waals surface area (Å²) in [6, 6.07) is 10.9. The van der Waals surface area contributed by atoms with Crippen molar-refractivity contribution in [2.24, 2.45) is 0 Å². The predicted molar refractivity (Wildman–Crippen MR) is 58.8 cm³/mol. The van der Waals surface area contributed by atoms with Crippen LogP contribution in [0.1, 0.15) is 0 Å². The standard InChI is InChI=1S/C12H8FN3/c13-12-7-10(5-6-14-12)16-11-4-2-1-3-9(11)8-15-16/h1-8H. The molecule has 0 spiro atoms. The lowest BCUT2D eigenvalue weighted by Gasteiger charge is -2.02. The third-order valence-corrected chi connectivity index (χ3v) is 2.43. The number of nitrogens with zero attached hydrogens (tertiary/aromatic N) is 3. The molecule has 0 fully saturated rings. The van der Waals surface area contributed by atoms with Crippen LogP contribution in [0.5, 0.6) is 0 Å². The van der Waals surface area contributed by atoms with E-state index in [1.54, 1.807) is 16.9 Å². The highest BCUT2D eigenvalue weighted by Gasteiger charge is 2.04. The van der Waals surface area contributed by atoms with Crippen molar-refractivity contribution in [1.82, 2.24) is 14.8 Å². The van der Waals surface area contributed by atoms with Gasteiger partial charge in [-0.15, -0.1) is 0 Å². The Balaban J connectivity index is 2.26. The molecule has 0 atom stereocenters. The molecule has 0 amide bonds. The van der Waals surface area contributed by atoms with Crippen LogP contribution in [0.4, 0.5) is 4.39 Å². The first kappa shape index (κ1) is 9.03. The SMILES string of the molecule is Fc1cc(-n2ncc3ccccc32)ccn1. The summed E-state index contributed by atoms with van der Waals surface area (Å²) < 4.78 is 14.7. The molecular weight excluding hydrogens is 205 g/mol. The quantitative estimate of drug-likeness (QED) is 0.581. The molecule has 0 radical (unpaired) electrons. The van der Waals surface area contributed by atoms with Gasteiger partial charge >= 0.3 is 0 Å². The Morgan fingerprint density at radius 2 is 2.00 bits per heavy atom. The molecule has 3 rings (SSSR count). The first-order valence-corrected chi connectivity index (χ1v) is 4.89. The minimum atomic E-state index is -0.503. The van der Waals surface area contributed by atoms with Crippen LogP contribution in [0, 0.1) is 5.95 Å². The van der Waals surface area contributed by atoms with Crippen molar-refractivity contribution in [3.63, 3.8) is 0 Å². The number of benzene rings is 1. The lowest BCUT2D eigenvalue weighted by molar-refractivity contribution is 0.582. The summed E-state index contributed by atoms with van der Waals surface area (Å²) in [6.45, 7) is 0. The zero-order valence-electron chi connectivity index (χ0n) is 8.34. The molecule has 78 valence electrons. The lowest BCUT2D eigenvalue weighted by Crippen LogP contribution is -1.97. The highest BCUT2D eigenvalue weighted by molar-refractivity contribution is 5.79. The molecule has 2 aromatic heterocycles. The van der Waals surface area contributed by atoms with Gasteiger partial charge < -0.3 is 0 Å². The second-order valence-corrected chi connectivity index (χ2v) is 3.45. The maximum atomic E-state index is 13.0. The summed E-state index contributed by atoms with van der Waals surface area (Å²) in [7, 11) is 0. The van der Waals surface area contributed by atoms with Crippen molar-refractivity contribution in [2.75, 3.05) is 0 Å². The Kier molecular flexibility index (Phi) is 1.93. The van der Waals surface area contributed by atoms with E-state index in [9.17, 15) is 4.39 Å². The van der Waals surface area contributed by atoms with Gasteiger partial charge in [-0.1, -0.05) is 18.2 Å². The molecule has 4 heteroatoms. The molecule has 0 saturated carbocycles. The van der Waals surface area contributed by atoms with Crippen molar-refractivity contribution in [2.45, 2.75) is 0 Å². The highest BCUT2D eigenvalue weighted by atomic mass is 19.1. The molecule has 0 unspecified atom stereocenters. The van der Waals surface area contributed by atoms with Crippen molar-refractivity contribution in [3.05, 3.63) is 54.7 Å². The van der Waals surface area contributed by atoms with Crippen LogP contribution in [0.15, 0.2) is 48.8 Å². The van der Waals surface area contributed by atoms with Gasteiger partial charge in [-0.25, -0.2) is 9.67 Å². The fourth-order valence-electron chi connectivity index (χ4n) is 1.70. The summed E-state index contributed by atoms with van der Waals surface area (Å²) in [4.78, 5) is 3.52. The van der Waals surface area contributed by atoms with Crippen LogP contribution in [0.2, 0.25) is 0 Å². The minimum Gasteiger partial charge on any atom is -0.233 e. The maximum absolute atomic E-state index is 13.0. The summed E-state index contributed by atoms with van der Waals surface area (Å²) in [5.41, 5.74) is 1.63. The van der Waals surface area contributed by atoms with E-state index in [4.69, 9.17) is 0 Å². The second kappa shape index (κ2) is 3.41. The Bertz CT molecular complexity index is 645. The monoisotopic (exact) mass is 213 g/mol. The zero-order chi connectivity index (χ0) is 11.0. The average Bonchev–Trinajstić information content (AvgIpc) is 2.72. The minimum absolute atomic E-state index is 0.503. The molecule has 3 nitrogen and oxygen atoms in total. The number of hydrogen-bond donors (Lipinski definition) is 0. The third kappa shape index (κ3) is 1.35. The first-order valence-electron chi connectivity index (χ1n) is 4.89. The average molecular weight is 213 g/mol. The Morgan fingerprint density at radius 1 is 1.12 bits per heavy atom. The van der Waals surface area contributed by atoms with E-state index in [0.29, 0.717) is 5.69 Å². The van der Waals surface area contributed by atoms with E-state index in [0.717, 1.165) is 10.9 Å². The molecule has 0 N–H and O–H groups in total. The number of halogens is 1. The van der Waals surface area contributed by atoms with Gasteiger partial charge in [0, 0.05) is 17.6 Å². The van der Waals surface area contributed by atoms with Gasteiger partial charge in [0.05, 0.1) is 17.4 Å². The summed E-state index contributed by atoms with van der Waals surface area (Å²) in [5, 5.41) is 5.26. The first-order chi connectivity index (χ1) is 7.84. The van der Waals surface area contributed by atoms with Crippen LogP contribution < -0.4 is 0 Å². The van der Waals surface area contributed by atoms with Gasteiger partial charge in [0.15, 0.2) is 0 Å². The van der Waals surface area contributed by atoms with Gasteiger partial charge in [0.1, 0.15) is 0 Å². The molecular formula is C12H8FN3. The molecule has 0 saturated heterocycles. The van der Waals surface area contributed by atoms with E-state index >= 15 is 0 Å². The predicted octanol–water partition coefficient (Wildman–Crippen LogP) is 2.56. The number of hydrogen-bond acceptors (Lipinski definition) is 2. The summed E-state index contributed by atoms with van der Waals surface area (Å²) in [5.74, 6) is -0.503. The van der Waals surface area contributed by atoms with Crippen molar-refractivity contribution < 1.29 is 4.39 Å². The van der Waals surface area contributed by atoms with Crippen molar-refractivity contribution in [3.8, 4) is 5.69 Å². The molecule has 3 aromatic rings. The van der Waals surface area contributed by atoms with E-state index in [1.807, 2.05) is 24.3 Å². The number of fused-ring (bicyclic) bond motifs is 1. The van der Waals surface area contributed by atoms with Crippen LogP contribution in [-0.4, -0.2) is 14.8 Å². The lowest BCUT2D eigenvalue weighted by atomic mass is 10.2. The van der Waals surface area contributed by atoms with Gasteiger partial charge in [-0.2, -0.15) is 9.49 Å². The maximum Gasteiger partial charge on any atom is 0.214 e. The number of para-hydroxylation sites is 1. The Labute approximate surface area is 91.2 Å². The summed E-state index contributed by atoms with van der Waals surface area (Å²) >= 11 is 0. The number of rotatable bonds is 1. The fraction of sp³-hybridized carbons (Fsp3) is 0. The largest absolute Gasteiger partial charge is 0.233 e. The highest BCUT2D eigenvalue weighted by Crippen LogP contribution is 2.17. The third-order valence-electron chi connectivity index (χ3n) is 2.43. The Hall–Kier alpha value is -2.23. The number of pyridine rings is 1.